The standard InChI is InChI=1S/C21H20ClN5O5/c1-3-32-13-7-5-12(6-8-13)24-20(29)18(27-23)16(21(30)31-2)17-19(28)26-15-10-11(22)4-9-14(15)25-17/h4-10,16H,3,23H2,1-2H3,(H,24,29)(H,26,28)/b27-18+. The van der Waals surface area contributed by atoms with E-state index in [0.29, 0.717) is 34.1 Å². The molecule has 0 spiro atoms. The quantitative estimate of drug-likeness (QED) is 0.213. The fourth-order valence-electron chi connectivity index (χ4n) is 3.00. The number of halogens is 1. The number of rotatable bonds is 7. The number of fused-ring (bicyclic) bond motifs is 1. The predicted molar refractivity (Wildman–Crippen MR) is 120 cm³/mol. The first-order valence-electron chi connectivity index (χ1n) is 9.47. The third-order valence-electron chi connectivity index (χ3n) is 4.46. The van der Waals surface area contributed by atoms with E-state index < -0.39 is 29.1 Å². The molecule has 0 bridgehead atoms. The third-order valence-corrected chi connectivity index (χ3v) is 4.69. The molecular weight excluding hydrogens is 438 g/mol. The van der Waals surface area contributed by atoms with Gasteiger partial charge in [-0.05, 0) is 49.4 Å². The lowest BCUT2D eigenvalue weighted by atomic mass is 9.98. The van der Waals surface area contributed by atoms with E-state index in [1.807, 2.05) is 6.92 Å². The van der Waals surface area contributed by atoms with Gasteiger partial charge < -0.3 is 25.6 Å². The Balaban J connectivity index is 1.98. The van der Waals surface area contributed by atoms with Gasteiger partial charge in [0.2, 0.25) is 0 Å². The topological polar surface area (TPSA) is 149 Å². The van der Waals surface area contributed by atoms with E-state index in [-0.39, 0.29) is 5.69 Å². The molecule has 0 aliphatic carbocycles. The summed E-state index contributed by atoms with van der Waals surface area (Å²) in [6, 6.07) is 11.2. The van der Waals surface area contributed by atoms with Crippen molar-refractivity contribution in [1.82, 2.24) is 9.97 Å². The lowest BCUT2D eigenvalue weighted by molar-refractivity contribution is -0.141. The summed E-state index contributed by atoms with van der Waals surface area (Å²) in [4.78, 5) is 45.0. The van der Waals surface area contributed by atoms with Crippen LogP contribution in [0.1, 0.15) is 18.5 Å². The van der Waals surface area contributed by atoms with Crippen LogP contribution < -0.4 is 21.5 Å². The Bertz CT molecular complexity index is 1240. The summed E-state index contributed by atoms with van der Waals surface area (Å²) in [7, 11) is 1.11. The highest BCUT2D eigenvalue weighted by molar-refractivity contribution is 6.47. The second kappa shape index (κ2) is 9.92. The van der Waals surface area contributed by atoms with Crippen LogP contribution in [0.3, 0.4) is 0 Å². The van der Waals surface area contributed by atoms with Gasteiger partial charge >= 0.3 is 5.97 Å². The first-order valence-corrected chi connectivity index (χ1v) is 9.85. The number of H-pyrrole nitrogens is 1. The number of hydrogen-bond donors (Lipinski definition) is 3. The lowest BCUT2D eigenvalue weighted by Crippen LogP contribution is -2.38. The number of nitrogens with one attached hydrogen (secondary N) is 2. The Labute approximate surface area is 187 Å². The van der Waals surface area contributed by atoms with Crippen LogP contribution in [0.4, 0.5) is 5.69 Å². The van der Waals surface area contributed by atoms with Crippen molar-refractivity contribution in [1.29, 1.82) is 0 Å². The Hall–Kier alpha value is -3.92. The van der Waals surface area contributed by atoms with Gasteiger partial charge in [-0.25, -0.2) is 4.98 Å². The Kier molecular flexibility index (Phi) is 7.06. The first kappa shape index (κ1) is 22.8. The number of hydrazone groups is 1. The number of amides is 1. The number of esters is 1. The van der Waals surface area contributed by atoms with E-state index in [2.05, 4.69) is 20.4 Å². The van der Waals surface area contributed by atoms with Crippen LogP contribution in [-0.2, 0) is 14.3 Å². The van der Waals surface area contributed by atoms with E-state index in [9.17, 15) is 14.4 Å². The summed E-state index contributed by atoms with van der Waals surface area (Å²) in [5.41, 5.74) is -0.348. The predicted octanol–water partition coefficient (Wildman–Crippen LogP) is 2.19. The van der Waals surface area contributed by atoms with Gasteiger partial charge in [-0.1, -0.05) is 11.6 Å². The molecule has 0 aliphatic rings. The maximum Gasteiger partial charge on any atom is 0.321 e. The lowest BCUT2D eigenvalue weighted by Gasteiger charge is -2.16. The number of carbonyl (C=O) groups excluding carboxylic acids is 2. The smallest absolute Gasteiger partial charge is 0.321 e. The largest absolute Gasteiger partial charge is 0.494 e. The van der Waals surface area contributed by atoms with Crippen molar-refractivity contribution >= 4 is 45.9 Å². The Morgan fingerprint density at radius 1 is 1.25 bits per heavy atom. The maximum absolute atomic E-state index is 12.9. The van der Waals surface area contributed by atoms with Crippen LogP contribution in [-0.4, -0.2) is 41.3 Å². The van der Waals surface area contributed by atoms with E-state index in [1.165, 1.54) is 6.07 Å². The Morgan fingerprint density at radius 3 is 2.59 bits per heavy atom. The molecule has 1 aromatic heterocycles. The highest BCUT2D eigenvalue weighted by atomic mass is 35.5. The number of benzene rings is 2. The minimum Gasteiger partial charge on any atom is -0.494 e. The zero-order chi connectivity index (χ0) is 23.3. The van der Waals surface area contributed by atoms with Crippen molar-refractivity contribution in [2.75, 3.05) is 19.0 Å². The molecule has 1 heterocycles. The summed E-state index contributed by atoms with van der Waals surface area (Å²) in [6.07, 6.45) is 0. The number of methoxy groups -OCH3 is 1. The number of hydrogen-bond acceptors (Lipinski definition) is 8. The minimum atomic E-state index is -1.56. The number of anilines is 1. The second-order valence-corrected chi connectivity index (χ2v) is 6.93. The van der Waals surface area contributed by atoms with Gasteiger partial charge in [0.05, 0.1) is 24.8 Å². The molecule has 0 radical (unpaired) electrons. The minimum absolute atomic E-state index is 0.294. The number of aromatic amines is 1. The molecular formula is C21H20ClN5O5. The van der Waals surface area contributed by atoms with Crippen molar-refractivity contribution in [2.45, 2.75) is 12.8 Å². The monoisotopic (exact) mass is 457 g/mol. The summed E-state index contributed by atoms with van der Waals surface area (Å²) in [5, 5.41) is 6.46. The maximum atomic E-state index is 12.9. The molecule has 1 amide bonds. The van der Waals surface area contributed by atoms with Crippen molar-refractivity contribution < 1.29 is 19.1 Å². The van der Waals surface area contributed by atoms with Gasteiger partial charge in [0.1, 0.15) is 17.2 Å². The number of aromatic nitrogens is 2. The SMILES string of the molecule is CCOc1ccc(NC(=O)/C(=N/N)C(C(=O)OC)c2nc3ccc(Cl)cc3[nH]c2=O)cc1. The average molecular weight is 458 g/mol. The van der Waals surface area contributed by atoms with E-state index in [0.717, 1.165) is 7.11 Å². The van der Waals surface area contributed by atoms with E-state index in [4.69, 9.17) is 26.9 Å². The zero-order valence-corrected chi connectivity index (χ0v) is 18.0. The zero-order valence-electron chi connectivity index (χ0n) is 17.2. The highest BCUT2D eigenvalue weighted by Crippen LogP contribution is 2.21. The molecule has 0 saturated heterocycles. The van der Waals surface area contributed by atoms with Crippen LogP contribution in [0.2, 0.25) is 5.02 Å². The van der Waals surface area contributed by atoms with Crippen LogP contribution >= 0.6 is 11.6 Å². The molecule has 3 rings (SSSR count). The number of ether oxygens (including phenoxy) is 2. The number of carbonyl (C=O) groups is 2. The number of nitrogens with zero attached hydrogens (tertiary/aromatic N) is 2. The van der Waals surface area contributed by atoms with Crippen LogP contribution in [0.15, 0.2) is 52.4 Å². The summed E-state index contributed by atoms with van der Waals surface area (Å²) < 4.78 is 10.2. The molecule has 166 valence electrons. The van der Waals surface area contributed by atoms with E-state index >= 15 is 0 Å². The Morgan fingerprint density at radius 2 is 1.97 bits per heavy atom. The molecule has 0 fully saturated rings. The van der Waals surface area contributed by atoms with Crippen LogP contribution in [0, 0.1) is 0 Å². The third kappa shape index (κ3) is 4.86. The average Bonchev–Trinajstić information content (AvgIpc) is 2.78. The summed E-state index contributed by atoms with van der Waals surface area (Å²) in [6.45, 7) is 2.35. The molecule has 0 saturated carbocycles. The fraction of sp³-hybridized carbons (Fsp3) is 0.190. The van der Waals surface area contributed by atoms with Crippen LogP contribution in [0.25, 0.3) is 11.0 Å². The van der Waals surface area contributed by atoms with Gasteiger partial charge in [-0.2, -0.15) is 5.10 Å². The summed E-state index contributed by atoms with van der Waals surface area (Å²) >= 11 is 5.94. The first-order chi connectivity index (χ1) is 15.4. The van der Waals surface area contributed by atoms with Crippen molar-refractivity contribution in [3.63, 3.8) is 0 Å². The molecule has 11 heteroatoms. The molecule has 1 unspecified atom stereocenters. The molecule has 1 atom stereocenters. The van der Waals surface area contributed by atoms with Gasteiger partial charge in [0, 0.05) is 10.7 Å². The van der Waals surface area contributed by atoms with Gasteiger partial charge in [-0.15, -0.1) is 0 Å². The molecule has 0 aliphatic heterocycles. The van der Waals surface area contributed by atoms with Crippen molar-refractivity contribution in [2.24, 2.45) is 10.9 Å². The van der Waals surface area contributed by atoms with E-state index in [1.54, 1.807) is 36.4 Å². The van der Waals surface area contributed by atoms with Crippen molar-refractivity contribution in [3.8, 4) is 5.75 Å². The van der Waals surface area contributed by atoms with Gasteiger partial charge in [0.25, 0.3) is 11.5 Å². The van der Waals surface area contributed by atoms with Gasteiger partial charge in [0.15, 0.2) is 5.92 Å². The normalized spacial score (nSPS) is 12.3. The molecule has 3 aromatic rings. The van der Waals surface area contributed by atoms with Crippen molar-refractivity contribution in [3.05, 3.63) is 63.5 Å². The highest BCUT2D eigenvalue weighted by Gasteiger charge is 2.36. The van der Waals surface area contributed by atoms with Gasteiger partial charge in [-0.3, -0.25) is 14.4 Å². The molecule has 4 N–H and O–H groups in total. The fourth-order valence-corrected chi connectivity index (χ4v) is 3.17. The molecule has 32 heavy (non-hydrogen) atoms. The molecule has 2 aromatic carbocycles. The summed E-state index contributed by atoms with van der Waals surface area (Å²) in [5.74, 6) is 2.78. The molecule has 10 nitrogen and oxygen atoms in total. The second-order valence-electron chi connectivity index (χ2n) is 6.49. The van der Waals surface area contributed by atoms with Crippen LogP contribution in [0.5, 0.6) is 5.75 Å². The number of nitrogens with two attached hydrogens (primary N) is 1.